The molecule has 0 unspecified atom stereocenters. The van der Waals surface area contributed by atoms with E-state index in [0.29, 0.717) is 28.8 Å². The monoisotopic (exact) mass is 420 g/mol. The zero-order valence-corrected chi connectivity index (χ0v) is 17.1. The van der Waals surface area contributed by atoms with Crippen molar-refractivity contribution >= 4 is 35.2 Å². The molecule has 9 heteroatoms. The Labute approximate surface area is 177 Å². The Balaban J connectivity index is 1.80. The van der Waals surface area contributed by atoms with E-state index in [4.69, 9.17) is 21.6 Å². The lowest BCUT2D eigenvalue weighted by molar-refractivity contribution is 0.334. The number of hydrogen-bond acceptors (Lipinski definition) is 7. The van der Waals surface area contributed by atoms with Crippen LogP contribution in [0.15, 0.2) is 47.3 Å². The number of pyridine rings is 1. The normalized spacial score (nSPS) is 12.5. The van der Waals surface area contributed by atoms with E-state index in [2.05, 4.69) is 23.9 Å². The summed E-state index contributed by atoms with van der Waals surface area (Å²) in [4.78, 5) is 20.6. The number of nitrogens with two attached hydrogens (primary N) is 2. The summed E-state index contributed by atoms with van der Waals surface area (Å²) in [7, 11) is 1.90. The van der Waals surface area contributed by atoms with Crippen LogP contribution in [-0.2, 0) is 12.8 Å². The van der Waals surface area contributed by atoms with Gasteiger partial charge in [0, 0.05) is 18.3 Å². The molecule has 0 amide bonds. The van der Waals surface area contributed by atoms with Gasteiger partial charge in [0.2, 0.25) is 0 Å². The maximum atomic E-state index is 12.9. The average molecular weight is 420 g/mol. The van der Waals surface area contributed by atoms with Crippen LogP contribution in [0.4, 0.5) is 11.5 Å². The largest absolute Gasteiger partial charge is 0.412 e. The van der Waals surface area contributed by atoms with Crippen LogP contribution in [0.25, 0.3) is 27.7 Å². The topological polar surface area (TPSA) is 115 Å². The first kappa shape index (κ1) is 18.6. The average Bonchev–Trinajstić information content (AvgIpc) is 3.10. The molecule has 8 nitrogen and oxygen atoms in total. The molecule has 0 fully saturated rings. The van der Waals surface area contributed by atoms with E-state index < -0.39 is 0 Å². The fraction of sp³-hybridized carbons (Fsp3) is 0.143. The third-order valence-corrected chi connectivity index (χ3v) is 5.78. The Morgan fingerprint density at radius 3 is 2.67 bits per heavy atom. The summed E-state index contributed by atoms with van der Waals surface area (Å²) in [5, 5.41) is 5.13. The summed E-state index contributed by atoms with van der Waals surface area (Å²) < 4.78 is 3.38. The second kappa shape index (κ2) is 6.82. The van der Waals surface area contributed by atoms with Crippen LogP contribution in [0.1, 0.15) is 11.3 Å². The molecule has 2 heterocycles. The summed E-state index contributed by atoms with van der Waals surface area (Å²) in [6.07, 6.45) is 1.52. The van der Waals surface area contributed by atoms with Gasteiger partial charge in [0.1, 0.15) is 22.5 Å². The predicted molar refractivity (Wildman–Crippen MR) is 121 cm³/mol. The smallest absolute Gasteiger partial charge is 0.261 e. The second-order valence-corrected chi connectivity index (χ2v) is 7.87. The Morgan fingerprint density at radius 1 is 1.20 bits per heavy atom. The van der Waals surface area contributed by atoms with Crippen LogP contribution in [0.3, 0.4) is 0 Å². The molecule has 0 spiro atoms. The van der Waals surface area contributed by atoms with Gasteiger partial charge >= 0.3 is 0 Å². The number of nitrogens with zero attached hydrogens (tertiary/aromatic N) is 3. The van der Waals surface area contributed by atoms with Crippen LogP contribution in [0.2, 0.25) is 0 Å². The first-order valence-electron chi connectivity index (χ1n) is 9.45. The maximum absolute atomic E-state index is 12.9. The van der Waals surface area contributed by atoms with Crippen molar-refractivity contribution in [3.8, 4) is 22.6 Å². The molecule has 4 aromatic rings. The minimum Gasteiger partial charge on any atom is -0.412 e. The number of nitrogens with one attached hydrogen (secondary N) is 1. The van der Waals surface area contributed by atoms with E-state index in [-0.39, 0.29) is 11.4 Å². The molecular weight excluding hydrogens is 400 g/mol. The highest BCUT2D eigenvalue weighted by molar-refractivity contribution is 7.81. The van der Waals surface area contributed by atoms with Gasteiger partial charge in [0.15, 0.2) is 0 Å². The van der Waals surface area contributed by atoms with Crippen molar-refractivity contribution in [2.24, 2.45) is 5.90 Å². The Kier molecular flexibility index (Phi) is 4.23. The first-order valence-corrected chi connectivity index (χ1v) is 9.85. The fourth-order valence-electron chi connectivity index (χ4n) is 4.20. The lowest BCUT2D eigenvalue weighted by Gasteiger charge is -2.24. The number of fused-ring (bicyclic) bond motifs is 5. The van der Waals surface area contributed by atoms with Crippen molar-refractivity contribution in [3.63, 3.8) is 0 Å². The maximum Gasteiger partial charge on any atom is 0.261 e. The Bertz CT molecular complexity index is 1340. The second-order valence-electron chi connectivity index (χ2n) is 7.27. The quantitative estimate of drug-likeness (QED) is 0.299. The summed E-state index contributed by atoms with van der Waals surface area (Å²) in [5.41, 5.74) is 12.5. The fourth-order valence-corrected chi connectivity index (χ4v) is 4.39. The van der Waals surface area contributed by atoms with Crippen LogP contribution in [-0.4, -0.2) is 21.8 Å². The number of aryl methyl sites for hydroxylation is 1. The number of aromatic amines is 1. The van der Waals surface area contributed by atoms with Gasteiger partial charge in [0.25, 0.3) is 5.56 Å². The van der Waals surface area contributed by atoms with E-state index >= 15 is 0 Å². The number of nitrogen functional groups attached to an aromatic ring is 1. The number of anilines is 2. The van der Waals surface area contributed by atoms with Gasteiger partial charge < -0.3 is 19.9 Å². The van der Waals surface area contributed by atoms with E-state index in [1.807, 2.05) is 19.2 Å². The third kappa shape index (κ3) is 2.66. The van der Waals surface area contributed by atoms with Crippen molar-refractivity contribution < 1.29 is 4.84 Å². The number of thiol groups is 1. The molecule has 2 aromatic carbocycles. The Morgan fingerprint density at radius 2 is 1.97 bits per heavy atom. The molecule has 152 valence electrons. The highest BCUT2D eigenvalue weighted by Gasteiger charge is 2.26. The Hall–Kier alpha value is -3.43. The molecule has 2 aromatic heterocycles. The minimum absolute atomic E-state index is 0.236. The molecule has 0 radical (unpaired) electrons. The molecule has 1 aliphatic rings. The molecule has 0 bridgehead atoms. The van der Waals surface area contributed by atoms with Gasteiger partial charge in [-0.25, -0.2) is 4.68 Å². The molecule has 0 atom stereocenters. The molecular formula is C21H20N6O2S. The number of hydrogen-bond donors (Lipinski definition) is 4. The molecule has 0 aliphatic heterocycles. The zero-order valence-electron chi connectivity index (χ0n) is 16.2. The molecule has 5 N–H and O–H groups in total. The van der Waals surface area contributed by atoms with Crippen molar-refractivity contribution in [3.05, 3.63) is 64.1 Å². The van der Waals surface area contributed by atoms with Crippen LogP contribution >= 0.6 is 12.8 Å². The number of H-pyrrole nitrogens is 1. The molecule has 1 aliphatic carbocycles. The lowest BCUT2D eigenvalue weighted by atomic mass is 9.86. The van der Waals surface area contributed by atoms with Crippen molar-refractivity contribution in [1.82, 2.24) is 14.8 Å². The van der Waals surface area contributed by atoms with Crippen molar-refractivity contribution in [2.75, 3.05) is 17.1 Å². The predicted octanol–water partition coefficient (Wildman–Crippen LogP) is 2.60. The van der Waals surface area contributed by atoms with Gasteiger partial charge in [-0.3, -0.25) is 4.79 Å². The van der Waals surface area contributed by atoms with E-state index in [1.54, 1.807) is 33.3 Å². The SMILES string of the molecule is CN(S)c1cccc2c1CCc1[nH]c(=O)c3c(N)n(-c4ccc(ON)cc4)nc3c1-2. The van der Waals surface area contributed by atoms with Crippen molar-refractivity contribution in [1.29, 1.82) is 0 Å². The van der Waals surface area contributed by atoms with Crippen LogP contribution < -0.4 is 26.3 Å². The minimum atomic E-state index is -0.236. The lowest BCUT2D eigenvalue weighted by Crippen LogP contribution is -2.17. The zero-order chi connectivity index (χ0) is 21.0. The van der Waals surface area contributed by atoms with Crippen molar-refractivity contribution in [2.45, 2.75) is 12.8 Å². The van der Waals surface area contributed by atoms with Crippen LogP contribution in [0, 0.1) is 0 Å². The summed E-state index contributed by atoms with van der Waals surface area (Å²) in [6.45, 7) is 0. The third-order valence-electron chi connectivity index (χ3n) is 5.56. The molecule has 0 saturated heterocycles. The number of rotatable bonds is 3. The van der Waals surface area contributed by atoms with E-state index in [9.17, 15) is 4.79 Å². The molecule has 5 rings (SSSR count). The number of aromatic nitrogens is 3. The first-order chi connectivity index (χ1) is 14.5. The highest BCUT2D eigenvalue weighted by Crippen LogP contribution is 2.41. The summed E-state index contributed by atoms with van der Waals surface area (Å²) in [6, 6.07) is 13.1. The number of benzene rings is 2. The van der Waals surface area contributed by atoms with E-state index in [0.717, 1.165) is 28.9 Å². The van der Waals surface area contributed by atoms with Gasteiger partial charge in [-0.15, -0.1) is 0 Å². The molecule has 0 saturated carbocycles. The summed E-state index contributed by atoms with van der Waals surface area (Å²) >= 11 is 4.48. The standard InChI is InChI=1S/C21H20N6O2S/c1-26(30)16-4-2-3-14-13(16)9-10-15-17(14)19-18(21(28)24-15)20(22)27(25-19)11-5-7-12(29-23)8-6-11/h2-8,30H,9-10,22-23H2,1H3,(H,24,28). The van der Waals surface area contributed by atoms with Gasteiger partial charge in [-0.05, 0) is 54.3 Å². The molecule has 30 heavy (non-hydrogen) atoms. The highest BCUT2D eigenvalue weighted by atomic mass is 32.1. The summed E-state index contributed by atoms with van der Waals surface area (Å²) in [5.74, 6) is 6.00. The van der Waals surface area contributed by atoms with Gasteiger partial charge in [-0.1, -0.05) is 24.9 Å². The van der Waals surface area contributed by atoms with Gasteiger partial charge in [-0.2, -0.15) is 11.0 Å². The van der Waals surface area contributed by atoms with Gasteiger partial charge in [0.05, 0.1) is 11.4 Å². The van der Waals surface area contributed by atoms with E-state index in [1.165, 1.54) is 5.56 Å². The van der Waals surface area contributed by atoms with Crippen LogP contribution in [0.5, 0.6) is 5.75 Å².